The molecule has 0 N–H and O–H groups in total. The molecule has 1 saturated heterocycles. The molecule has 1 heterocycles. The van der Waals surface area contributed by atoms with E-state index < -0.39 is 11.7 Å². The summed E-state index contributed by atoms with van der Waals surface area (Å²) in [6.07, 6.45) is -3.33. The van der Waals surface area contributed by atoms with Gasteiger partial charge in [-0.2, -0.15) is 18.4 Å². The standard InChI is InChI=1S/C15H18F3N3/c1-2-5-20-6-8-21(9-7-20)14-4-3-13(15(16,17)18)10-12(14)11-19/h3-4,10H,2,5-9H2,1H3. The summed E-state index contributed by atoms with van der Waals surface area (Å²) in [6.45, 7) is 6.38. The number of hydrogen-bond acceptors (Lipinski definition) is 3. The highest BCUT2D eigenvalue weighted by molar-refractivity contribution is 5.61. The van der Waals surface area contributed by atoms with Gasteiger partial charge in [-0.1, -0.05) is 6.92 Å². The number of nitrogens with zero attached hydrogens (tertiary/aromatic N) is 3. The Hall–Kier alpha value is -1.74. The van der Waals surface area contributed by atoms with Crippen molar-refractivity contribution in [1.82, 2.24) is 4.90 Å². The topological polar surface area (TPSA) is 30.3 Å². The van der Waals surface area contributed by atoms with Crippen LogP contribution in [-0.2, 0) is 6.18 Å². The predicted molar refractivity (Wildman–Crippen MR) is 75.1 cm³/mol. The van der Waals surface area contributed by atoms with Crippen LogP contribution in [0, 0.1) is 11.3 Å². The van der Waals surface area contributed by atoms with Crippen LogP contribution < -0.4 is 4.90 Å². The number of rotatable bonds is 3. The van der Waals surface area contributed by atoms with Gasteiger partial charge in [0.2, 0.25) is 0 Å². The minimum atomic E-state index is -4.41. The largest absolute Gasteiger partial charge is 0.416 e. The smallest absolute Gasteiger partial charge is 0.368 e. The maximum absolute atomic E-state index is 12.7. The first-order valence-electron chi connectivity index (χ1n) is 7.04. The molecule has 6 heteroatoms. The molecule has 0 aliphatic carbocycles. The van der Waals surface area contributed by atoms with Crippen molar-refractivity contribution < 1.29 is 13.2 Å². The van der Waals surface area contributed by atoms with Crippen LogP contribution >= 0.6 is 0 Å². The number of alkyl halides is 3. The molecule has 0 aromatic heterocycles. The summed E-state index contributed by atoms with van der Waals surface area (Å²) in [6, 6.07) is 5.29. The Morgan fingerprint density at radius 3 is 2.38 bits per heavy atom. The number of anilines is 1. The average Bonchev–Trinajstić information content (AvgIpc) is 2.47. The Kier molecular flexibility index (Phi) is 4.73. The van der Waals surface area contributed by atoms with Crippen LogP contribution in [0.15, 0.2) is 18.2 Å². The van der Waals surface area contributed by atoms with E-state index in [0.29, 0.717) is 5.69 Å². The molecule has 3 nitrogen and oxygen atoms in total. The van der Waals surface area contributed by atoms with Gasteiger partial charge in [0.25, 0.3) is 0 Å². The van der Waals surface area contributed by atoms with Gasteiger partial charge in [0.1, 0.15) is 6.07 Å². The summed E-state index contributed by atoms with van der Waals surface area (Å²) in [7, 11) is 0. The molecule has 1 aliphatic rings. The maximum atomic E-state index is 12.7. The molecule has 0 bridgehead atoms. The number of hydrogen-bond donors (Lipinski definition) is 0. The molecular weight excluding hydrogens is 279 g/mol. The van der Waals surface area contributed by atoms with Crippen molar-refractivity contribution in [2.45, 2.75) is 19.5 Å². The van der Waals surface area contributed by atoms with Gasteiger partial charge in [-0.05, 0) is 31.2 Å². The summed E-state index contributed by atoms with van der Waals surface area (Å²) in [5, 5.41) is 9.12. The summed E-state index contributed by atoms with van der Waals surface area (Å²) >= 11 is 0. The Bertz CT molecular complexity index is 526. The lowest BCUT2D eigenvalue weighted by molar-refractivity contribution is -0.137. The Balaban J connectivity index is 2.16. The van der Waals surface area contributed by atoms with E-state index in [0.717, 1.165) is 51.3 Å². The van der Waals surface area contributed by atoms with E-state index in [1.165, 1.54) is 6.07 Å². The second-order valence-corrected chi connectivity index (χ2v) is 5.17. The third-order valence-corrected chi connectivity index (χ3v) is 3.70. The fraction of sp³-hybridized carbons (Fsp3) is 0.533. The van der Waals surface area contributed by atoms with E-state index in [1.807, 2.05) is 11.0 Å². The average molecular weight is 297 g/mol. The minimum Gasteiger partial charge on any atom is -0.368 e. The quantitative estimate of drug-likeness (QED) is 0.859. The zero-order chi connectivity index (χ0) is 15.5. The first kappa shape index (κ1) is 15.6. The molecular formula is C15H18F3N3. The highest BCUT2D eigenvalue weighted by Gasteiger charge is 2.31. The third-order valence-electron chi connectivity index (χ3n) is 3.70. The van der Waals surface area contributed by atoms with Gasteiger partial charge in [-0.3, -0.25) is 4.90 Å². The minimum absolute atomic E-state index is 0.0915. The van der Waals surface area contributed by atoms with Gasteiger partial charge in [-0.15, -0.1) is 0 Å². The summed E-state index contributed by atoms with van der Waals surface area (Å²) in [5.41, 5.74) is -0.0807. The summed E-state index contributed by atoms with van der Waals surface area (Å²) in [5.74, 6) is 0. The van der Waals surface area contributed by atoms with E-state index in [4.69, 9.17) is 5.26 Å². The Morgan fingerprint density at radius 1 is 1.19 bits per heavy atom. The number of nitriles is 1. The third kappa shape index (κ3) is 3.67. The van der Waals surface area contributed by atoms with E-state index in [9.17, 15) is 13.2 Å². The lowest BCUT2D eigenvalue weighted by Gasteiger charge is -2.36. The summed E-state index contributed by atoms with van der Waals surface area (Å²) < 4.78 is 38.1. The molecule has 0 atom stereocenters. The molecule has 0 spiro atoms. The fourth-order valence-electron chi connectivity index (χ4n) is 2.61. The van der Waals surface area contributed by atoms with Gasteiger partial charge in [-0.25, -0.2) is 0 Å². The predicted octanol–water partition coefficient (Wildman–Crippen LogP) is 3.11. The van der Waals surface area contributed by atoms with Crippen molar-refractivity contribution in [2.24, 2.45) is 0 Å². The van der Waals surface area contributed by atoms with Crippen molar-refractivity contribution in [1.29, 1.82) is 5.26 Å². The molecule has 0 unspecified atom stereocenters. The van der Waals surface area contributed by atoms with Crippen LogP contribution in [0.25, 0.3) is 0 Å². The van der Waals surface area contributed by atoms with Crippen LogP contribution in [-0.4, -0.2) is 37.6 Å². The van der Waals surface area contributed by atoms with Crippen LogP contribution in [0.1, 0.15) is 24.5 Å². The fourth-order valence-corrected chi connectivity index (χ4v) is 2.61. The Labute approximate surface area is 122 Å². The van der Waals surface area contributed by atoms with Crippen molar-refractivity contribution in [2.75, 3.05) is 37.6 Å². The number of piperazine rings is 1. The monoisotopic (exact) mass is 297 g/mol. The number of halogens is 3. The zero-order valence-electron chi connectivity index (χ0n) is 12.0. The van der Waals surface area contributed by atoms with Crippen molar-refractivity contribution in [3.05, 3.63) is 29.3 Å². The van der Waals surface area contributed by atoms with Crippen molar-refractivity contribution >= 4 is 5.69 Å². The highest BCUT2D eigenvalue weighted by atomic mass is 19.4. The van der Waals surface area contributed by atoms with Crippen LogP contribution in [0.2, 0.25) is 0 Å². The zero-order valence-corrected chi connectivity index (χ0v) is 12.0. The van der Waals surface area contributed by atoms with E-state index >= 15 is 0 Å². The van der Waals surface area contributed by atoms with Gasteiger partial charge in [0.15, 0.2) is 0 Å². The molecule has 1 fully saturated rings. The second-order valence-electron chi connectivity index (χ2n) is 5.17. The van der Waals surface area contributed by atoms with Crippen LogP contribution in [0.4, 0.5) is 18.9 Å². The number of benzene rings is 1. The molecule has 0 saturated carbocycles. The molecule has 21 heavy (non-hydrogen) atoms. The van der Waals surface area contributed by atoms with Gasteiger partial charge in [0, 0.05) is 26.2 Å². The SMILES string of the molecule is CCCN1CCN(c2ccc(C(F)(F)F)cc2C#N)CC1. The molecule has 0 radical (unpaired) electrons. The van der Waals surface area contributed by atoms with Crippen molar-refractivity contribution in [3.63, 3.8) is 0 Å². The molecule has 114 valence electrons. The molecule has 1 aromatic carbocycles. The van der Waals surface area contributed by atoms with Crippen molar-refractivity contribution in [3.8, 4) is 6.07 Å². The lowest BCUT2D eigenvalue weighted by atomic mass is 10.1. The highest BCUT2D eigenvalue weighted by Crippen LogP contribution is 2.32. The van der Waals surface area contributed by atoms with E-state index in [2.05, 4.69) is 11.8 Å². The molecule has 1 aliphatic heterocycles. The van der Waals surface area contributed by atoms with E-state index in [1.54, 1.807) is 0 Å². The molecule has 2 rings (SSSR count). The van der Waals surface area contributed by atoms with Gasteiger partial charge < -0.3 is 4.90 Å². The molecule has 1 aromatic rings. The molecule has 0 amide bonds. The second kappa shape index (κ2) is 6.35. The van der Waals surface area contributed by atoms with E-state index in [-0.39, 0.29) is 5.56 Å². The lowest BCUT2D eigenvalue weighted by Crippen LogP contribution is -2.46. The van der Waals surface area contributed by atoms with Gasteiger partial charge >= 0.3 is 6.18 Å². The normalized spacial score (nSPS) is 16.8. The van der Waals surface area contributed by atoms with Gasteiger partial charge in [0.05, 0.1) is 16.8 Å². The first-order chi connectivity index (χ1) is 9.95. The van der Waals surface area contributed by atoms with Crippen LogP contribution in [0.3, 0.4) is 0 Å². The maximum Gasteiger partial charge on any atom is 0.416 e. The first-order valence-corrected chi connectivity index (χ1v) is 7.04. The summed E-state index contributed by atoms with van der Waals surface area (Å²) in [4.78, 5) is 4.32. The van der Waals surface area contributed by atoms with Crippen LogP contribution in [0.5, 0.6) is 0 Å². The Morgan fingerprint density at radius 2 is 1.86 bits per heavy atom.